The molecule has 0 saturated carbocycles. The van der Waals surface area contributed by atoms with Crippen molar-refractivity contribution in [2.45, 2.75) is 18.1 Å². The summed E-state index contributed by atoms with van der Waals surface area (Å²) < 4.78 is 33.2. The molecule has 1 N–H and O–H groups in total. The van der Waals surface area contributed by atoms with Crippen molar-refractivity contribution in [1.82, 2.24) is 4.90 Å². The molecule has 8 heteroatoms. The summed E-state index contributed by atoms with van der Waals surface area (Å²) in [4.78, 5) is 15.1. The van der Waals surface area contributed by atoms with E-state index < -0.39 is 10.0 Å². The van der Waals surface area contributed by atoms with Gasteiger partial charge in [-0.05, 0) is 44.2 Å². The highest BCUT2D eigenvalue weighted by atomic mass is 32.2. The van der Waals surface area contributed by atoms with Gasteiger partial charge in [-0.15, -0.1) is 11.3 Å². The number of likely N-dealkylation sites (N-methyl/N-ethyl adjacent to an activating group) is 1. The molecule has 1 aromatic heterocycles. The van der Waals surface area contributed by atoms with Crippen LogP contribution in [0.15, 0.2) is 34.5 Å². The Morgan fingerprint density at radius 3 is 2.75 bits per heavy atom. The molecule has 0 fully saturated rings. The Labute approximate surface area is 145 Å². The molecule has 0 spiro atoms. The summed E-state index contributed by atoms with van der Waals surface area (Å²) >= 11 is 1.20. The van der Waals surface area contributed by atoms with Crippen LogP contribution in [0.4, 0.5) is 5.69 Å². The highest BCUT2D eigenvalue weighted by molar-refractivity contribution is 7.94. The molecule has 1 amide bonds. The first-order valence-corrected chi connectivity index (χ1v) is 9.86. The number of fused-ring (bicyclic) bond motifs is 1. The molecule has 6 nitrogen and oxygen atoms in total. The normalized spacial score (nSPS) is 14.8. The van der Waals surface area contributed by atoms with Crippen LogP contribution in [-0.4, -0.2) is 38.9 Å². The fourth-order valence-electron chi connectivity index (χ4n) is 2.49. The number of sulfonamides is 1. The maximum absolute atomic E-state index is 12.5. The van der Waals surface area contributed by atoms with Crippen molar-refractivity contribution < 1.29 is 17.9 Å². The van der Waals surface area contributed by atoms with Gasteiger partial charge in [-0.1, -0.05) is 0 Å². The van der Waals surface area contributed by atoms with Crippen molar-refractivity contribution >= 4 is 33.0 Å². The van der Waals surface area contributed by atoms with Crippen LogP contribution < -0.4 is 9.46 Å². The number of carbonyl (C=O) groups is 1. The molecule has 0 unspecified atom stereocenters. The largest absolute Gasteiger partial charge is 0.491 e. The Kier molecular flexibility index (Phi) is 4.51. The van der Waals surface area contributed by atoms with Gasteiger partial charge in [0, 0.05) is 17.1 Å². The predicted molar refractivity (Wildman–Crippen MR) is 93.4 cm³/mol. The van der Waals surface area contributed by atoms with Crippen molar-refractivity contribution in [2.24, 2.45) is 0 Å². The van der Waals surface area contributed by atoms with E-state index in [1.165, 1.54) is 17.4 Å². The van der Waals surface area contributed by atoms with Crippen LogP contribution in [0.5, 0.6) is 5.75 Å². The fourth-order valence-corrected chi connectivity index (χ4v) is 4.82. The maximum Gasteiger partial charge on any atom is 0.271 e. The Balaban J connectivity index is 1.92. The van der Waals surface area contributed by atoms with Crippen molar-refractivity contribution in [1.29, 1.82) is 0 Å². The molecule has 1 aromatic carbocycles. The summed E-state index contributed by atoms with van der Waals surface area (Å²) in [6.07, 6.45) is 0. The first-order chi connectivity index (χ1) is 11.4. The highest BCUT2D eigenvalue weighted by Crippen LogP contribution is 2.29. The first-order valence-electron chi connectivity index (χ1n) is 7.56. The lowest BCUT2D eigenvalue weighted by Crippen LogP contribution is -2.32. The Hall–Kier alpha value is -2.06. The van der Waals surface area contributed by atoms with Crippen LogP contribution in [0, 0.1) is 6.92 Å². The van der Waals surface area contributed by atoms with E-state index in [1.807, 2.05) is 13.8 Å². The zero-order valence-electron chi connectivity index (χ0n) is 13.4. The molecule has 24 heavy (non-hydrogen) atoms. The SMILES string of the molecule is CCN1CCOc2ccc(NS(=O)(=O)c3ccc(C)s3)cc2C1=O. The second kappa shape index (κ2) is 6.45. The molecule has 0 atom stereocenters. The van der Waals surface area contributed by atoms with E-state index in [4.69, 9.17) is 4.74 Å². The van der Waals surface area contributed by atoms with E-state index in [0.717, 1.165) is 4.88 Å². The number of thiophene rings is 1. The van der Waals surface area contributed by atoms with Gasteiger partial charge in [0.05, 0.1) is 12.1 Å². The van der Waals surface area contributed by atoms with Gasteiger partial charge in [-0.3, -0.25) is 9.52 Å². The Morgan fingerprint density at radius 1 is 1.29 bits per heavy atom. The number of nitrogens with one attached hydrogen (secondary N) is 1. The van der Waals surface area contributed by atoms with E-state index in [2.05, 4.69) is 4.72 Å². The number of hydrogen-bond donors (Lipinski definition) is 1. The van der Waals surface area contributed by atoms with E-state index in [1.54, 1.807) is 29.2 Å². The van der Waals surface area contributed by atoms with Crippen molar-refractivity contribution in [3.8, 4) is 5.75 Å². The lowest BCUT2D eigenvalue weighted by molar-refractivity contribution is 0.0765. The predicted octanol–water partition coefficient (Wildman–Crippen LogP) is 2.71. The topological polar surface area (TPSA) is 75.7 Å². The van der Waals surface area contributed by atoms with Crippen molar-refractivity contribution in [2.75, 3.05) is 24.4 Å². The maximum atomic E-state index is 12.5. The number of nitrogens with zero attached hydrogens (tertiary/aromatic N) is 1. The summed E-state index contributed by atoms with van der Waals surface area (Å²) in [5.74, 6) is 0.323. The summed E-state index contributed by atoms with van der Waals surface area (Å²) in [5, 5.41) is 0. The molecule has 128 valence electrons. The Morgan fingerprint density at radius 2 is 2.08 bits per heavy atom. The van der Waals surface area contributed by atoms with Crippen molar-refractivity contribution in [3.05, 3.63) is 40.8 Å². The van der Waals surface area contributed by atoms with Gasteiger partial charge in [0.15, 0.2) is 0 Å². The van der Waals surface area contributed by atoms with E-state index >= 15 is 0 Å². The number of carbonyl (C=O) groups excluding carboxylic acids is 1. The van der Waals surface area contributed by atoms with E-state index in [9.17, 15) is 13.2 Å². The van der Waals surface area contributed by atoms with Gasteiger partial charge in [0.1, 0.15) is 16.6 Å². The standard InChI is InChI=1S/C16H18N2O4S2/c1-3-18-8-9-22-14-6-5-12(10-13(14)16(18)19)17-24(20,21)15-7-4-11(2)23-15/h4-7,10,17H,3,8-9H2,1-2H3. The molecule has 0 saturated heterocycles. The van der Waals surface area contributed by atoms with Gasteiger partial charge in [0.25, 0.3) is 15.9 Å². The second-order valence-electron chi connectivity index (χ2n) is 5.41. The van der Waals surface area contributed by atoms with Gasteiger partial charge < -0.3 is 9.64 Å². The average molecular weight is 366 g/mol. The quantitative estimate of drug-likeness (QED) is 0.903. The highest BCUT2D eigenvalue weighted by Gasteiger charge is 2.24. The Bertz CT molecular complexity index is 874. The molecular formula is C16H18N2O4S2. The van der Waals surface area contributed by atoms with Gasteiger partial charge in [0.2, 0.25) is 0 Å². The fraction of sp³-hybridized carbons (Fsp3) is 0.312. The summed E-state index contributed by atoms with van der Waals surface area (Å²) in [5.41, 5.74) is 0.714. The zero-order chi connectivity index (χ0) is 17.3. The third-order valence-electron chi connectivity index (χ3n) is 3.73. The number of benzene rings is 1. The minimum atomic E-state index is -3.66. The van der Waals surface area contributed by atoms with Crippen LogP contribution in [-0.2, 0) is 10.0 Å². The second-order valence-corrected chi connectivity index (χ2v) is 8.61. The zero-order valence-corrected chi connectivity index (χ0v) is 15.0. The molecule has 2 aromatic rings. The number of ether oxygens (including phenoxy) is 1. The minimum Gasteiger partial charge on any atom is -0.491 e. The summed E-state index contributed by atoms with van der Waals surface area (Å²) in [7, 11) is -3.66. The molecule has 1 aliphatic heterocycles. The number of rotatable bonds is 4. The van der Waals surface area contributed by atoms with Crippen LogP contribution in [0.1, 0.15) is 22.2 Å². The molecule has 3 rings (SSSR count). The summed E-state index contributed by atoms with van der Waals surface area (Å²) in [6, 6.07) is 8.09. The molecular weight excluding hydrogens is 348 g/mol. The smallest absolute Gasteiger partial charge is 0.271 e. The van der Waals surface area contributed by atoms with Crippen LogP contribution in [0.3, 0.4) is 0 Å². The number of aryl methyl sites for hydroxylation is 1. The number of anilines is 1. The van der Waals surface area contributed by atoms with Crippen LogP contribution >= 0.6 is 11.3 Å². The monoisotopic (exact) mass is 366 g/mol. The van der Waals surface area contributed by atoms with E-state index in [0.29, 0.717) is 36.7 Å². The molecule has 0 aliphatic carbocycles. The first kappa shape index (κ1) is 16.8. The average Bonchev–Trinajstić information content (AvgIpc) is 2.92. The number of hydrogen-bond acceptors (Lipinski definition) is 5. The van der Waals surface area contributed by atoms with E-state index in [-0.39, 0.29) is 10.1 Å². The molecule has 0 radical (unpaired) electrons. The van der Waals surface area contributed by atoms with Crippen molar-refractivity contribution in [3.63, 3.8) is 0 Å². The lowest BCUT2D eigenvalue weighted by Gasteiger charge is -2.17. The minimum absolute atomic E-state index is 0.155. The summed E-state index contributed by atoms with van der Waals surface area (Å²) in [6.45, 7) is 5.26. The molecule has 0 bridgehead atoms. The third-order valence-corrected chi connectivity index (χ3v) is 6.60. The lowest BCUT2D eigenvalue weighted by atomic mass is 10.1. The van der Waals surface area contributed by atoms with Crippen LogP contribution in [0.2, 0.25) is 0 Å². The van der Waals surface area contributed by atoms with Crippen LogP contribution in [0.25, 0.3) is 0 Å². The van der Waals surface area contributed by atoms with Gasteiger partial charge in [-0.25, -0.2) is 8.42 Å². The third kappa shape index (κ3) is 3.25. The molecule has 1 aliphatic rings. The molecule has 2 heterocycles. The van der Waals surface area contributed by atoms with Gasteiger partial charge >= 0.3 is 0 Å². The van der Waals surface area contributed by atoms with Gasteiger partial charge in [-0.2, -0.15) is 0 Å². The number of amides is 1.